The minimum Gasteiger partial charge on any atom is -0.394 e. The molecule has 0 amide bonds. The third-order valence-electron chi connectivity index (χ3n) is 4.82. The molecule has 0 bridgehead atoms. The quantitative estimate of drug-likeness (QED) is 0.370. The van der Waals surface area contributed by atoms with Crippen LogP contribution in [0.25, 0.3) is 11.2 Å². The molecule has 29 heavy (non-hydrogen) atoms. The Bertz CT molecular complexity index is 1080. The number of nitrogens with zero attached hydrogens (tertiary/aromatic N) is 5. The van der Waals surface area contributed by atoms with Gasteiger partial charge in [-0.3, -0.25) is 4.57 Å². The number of hydrogen-bond acceptors (Lipinski definition) is 9. The first-order chi connectivity index (χ1) is 14.0. The molecular weight excluding hydrogens is 380 g/mol. The fourth-order valence-corrected chi connectivity index (χ4v) is 3.23. The molecule has 4 rings (SSSR count). The zero-order valence-electron chi connectivity index (χ0n) is 15.2. The molecule has 1 aromatic carbocycles. The van der Waals surface area contributed by atoms with Gasteiger partial charge in [0.2, 0.25) is 11.2 Å². The van der Waals surface area contributed by atoms with Gasteiger partial charge >= 0.3 is 0 Å². The standard InChI is InChI=1S/C18H18N6O5/c19-5-10-3-1-2-4-11(10)7-28-24-9-22-17-13(16(24)20)21-8-23(17)18-15(27)14(26)12(6-25)29-18/h1-4,8-9,12,14-15,18,20,25-27H,6-7H2/p+1/t12-,14-,15-,18-/m1/s1. The lowest BCUT2D eigenvalue weighted by atomic mass is 10.1. The van der Waals surface area contributed by atoms with Crippen molar-refractivity contribution in [1.82, 2.24) is 14.5 Å². The van der Waals surface area contributed by atoms with Gasteiger partial charge in [0.25, 0.3) is 12.1 Å². The summed E-state index contributed by atoms with van der Waals surface area (Å²) >= 11 is 0. The summed E-state index contributed by atoms with van der Waals surface area (Å²) < 4.78 is 8.19. The molecule has 5 N–H and O–H groups in total. The molecule has 1 aliphatic heterocycles. The van der Waals surface area contributed by atoms with E-state index in [4.69, 9.17) is 20.6 Å². The molecule has 1 fully saturated rings. The summed E-state index contributed by atoms with van der Waals surface area (Å²) in [6.07, 6.45) is -1.67. The molecule has 0 unspecified atom stereocenters. The van der Waals surface area contributed by atoms with E-state index in [2.05, 4.69) is 16.0 Å². The maximum atomic E-state index is 10.2. The van der Waals surface area contributed by atoms with Crippen LogP contribution in [0.15, 0.2) is 36.9 Å². The van der Waals surface area contributed by atoms with E-state index in [-0.39, 0.29) is 12.4 Å². The van der Waals surface area contributed by atoms with Crippen LogP contribution in [-0.4, -0.2) is 54.8 Å². The molecule has 2 aromatic heterocycles. The van der Waals surface area contributed by atoms with Crippen molar-refractivity contribution in [2.24, 2.45) is 0 Å². The van der Waals surface area contributed by atoms with Gasteiger partial charge in [0.05, 0.1) is 18.2 Å². The monoisotopic (exact) mass is 399 g/mol. The van der Waals surface area contributed by atoms with Gasteiger partial charge in [-0.2, -0.15) is 5.26 Å². The zero-order chi connectivity index (χ0) is 20.5. The number of imidazole rings is 1. The fraction of sp³-hybridized carbons (Fsp3) is 0.333. The van der Waals surface area contributed by atoms with Crippen LogP contribution in [0.3, 0.4) is 0 Å². The number of nitrogens with two attached hydrogens (primary N) is 1. The topological polar surface area (TPSA) is 164 Å². The van der Waals surface area contributed by atoms with Gasteiger partial charge in [-0.15, -0.1) is 0 Å². The lowest BCUT2D eigenvalue weighted by Crippen LogP contribution is -2.45. The van der Waals surface area contributed by atoms with Crippen LogP contribution < -0.4 is 15.3 Å². The summed E-state index contributed by atoms with van der Waals surface area (Å²) in [7, 11) is 0. The summed E-state index contributed by atoms with van der Waals surface area (Å²) in [4.78, 5) is 14.1. The Kier molecular flexibility index (Phi) is 4.99. The van der Waals surface area contributed by atoms with Gasteiger partial charge in [0.1, 0.15) is 24.6 Å². The molecule has 3 aromatic rings. The first-order valence-electron chi connectivity index (χ1n) is 8.81. The zero-order valence-corrected chi connectivity index (χ0v) is 15.2. The number of benzene rings is 1. The lowest BCUT2D eigenvalue weighted by Gasteiger charge is -2.15. The SMILES string of the molecule is N#Cc1ccccc1CO[n+]1cnc2c(ncn2[C@@H]2O[C@H](CO)[C@@H](O)[C@H]2O)c1N. The Morgan fingerprint density at radius 2 is 2.07 bits per heavy atom. The van der Waals surface area contributed by atoms with Crippen molar-refractivity contribution < 1.29 is 29.6 Å². The van der Waals surface area contributed by atoms with Crippen molar-refractivity contribution in [3.8, 4) is 6.07 Å². The average Bonchev–Trinajstić information content (AvgIpc) is 3.29. The van der Waals surface area contributed by atoms with Gasteiger partial charge in [0, 0.05) is 5.56 Å². The molecule has 1 saturated heterocycles. The van der Waals surface area contributed by atoms with E-state index in [0.717, 1.165) is 0 Å². The van der Waals surface area contributed by atoms with E-state index < -0.39 is 31.1 Å². The average molecular weight is 399 g/mol. The first-order valence-corrected chi connectivity index (χ1v) is 8.81. The highest BCUT2D eigenvalue weighted by Gasteiger charge is 2.44. The largest absolute Gasteiger partial charge is 0.394 e. The van der Waals surface area contributed by atoms with Gasteiger partial charge in [0.15, 0.2) is 12.8 Å². The predicted molar refractivity (Wildman–Crippen MR) is 96.6 cm³/mol. The summed E-state index contributed by atoms with van der Waals surface area (Å²) in [5.41, 5.74) is 7.95. The summed E-state index contributed by atoms with van der Waals surface area (Å²) in [5.74, 6) is 0.162. The van der Waals surface area contributed by atoms with Crippen molar-refractivity contribution >= 4 is 17.0 Å². The van der Waals surface area contributed by atoms with Crippen molar-refractivity contribution in [2.75, 3.05) is 12.3 Å². The first kappa shape index (κ1) is 19.0. The Labute approximate surface area is 164 Å². The van der Waals surface area contributed by atoms with Crippen LogP contribution in [0, 0.1) is 11.3 Å². The fourth-order valence-electron chi connectivity index (χ4n) is 3.23. The third kappa shape index (κ3) is 3.24. The highest BCUT2D eigenvalue weighted by atomic mass is 16.7. The summed E-state index contributed by atoms with van der Waals surface area (Å²) in [6, 6.07) is 9.13. The van der Waals surface area contributed by atoms with Crippen LogP contribution >= 0.6 is 0 Å². The number of aromatic nitrogens is 4. The molecule has 150 valence electrons. The molecular formula is C18H19N6O5+. The number of nitriles is 1. The van der Waals surface area contributed by atoms with E-state index >= 15 is 0 Å². The molecule has 11 heteroatoms. The van der Waals surface area contributed by atoms with Gasteiger partial charge in [-0.1, -0.05) is 27.9 Å². The predicted octanol–water partition coefficient (Wildman–Crippen LogP) is -1.59. The minimum absolute atomic E-state index is 0.0985. The molecule has 4 atom stereocenters. The molecule has 0 spiro atoms. The van der Waals surface area contributed by atoms with Gasteiger partial charge < -0.3 is 30.6 Å². The molecule has 0 saturated carbocycles. The second-order valence-electron chi connectivity index (χ2n) is 6.55. The molecule has 11 nitrogen and oxygen atoms in total. The Morgan fingerprint density at radius 1 is 1.28 bits per heavy atom. The van der Waals surface area contributed by atoms with E-state index in [1.165, 1.54) is 22.0 Å². The Hall–Kier alpha value is -3.30. The number of fused-ring (bicyclic) bond motifs is 1. The number of hydrogen-bond donors (Lipinski definition) is 4. The number of ether oxygens (including phenoxy) is 1. The second-order valence-corrected chi connectivity index (χ2v) is 6.55. The molecule has 3 heterocycles. The van der Waals surface area contributed by atoms with E-state index in [9.17, 15) is 15.3 Å². The Morgan fingerprint density at radius 3 is 2.79 bits per heavy atom. The second kappa shape index (κ2) is 7.61. The van der Waals surface area contributed by atoms with Crippen LogP contribution in [0.5, 0.6) is 0 Å². The van der Waals surface area contributed by atoms with E-state index in [1.807, 2.05) is 0 Å². The number of aliphatic hydroxyl groups is 3. The minimum atomic E-state index is -1.27. The van der Waals surface area contributed by atoms with Crippen molar-refractivity contribution in [2.45, 2.75) is 31.1 Å². The van der Waals surface area contributed by atoms with Crippen molar-refractivity contribution in [3.63, 3.8) is 0 Å². The number of anilines is 1. The maximum absolute atomic E-state index is 10.2. The Balaban J connectivity index is 1.60. The third-order valence-corrected chi connectivity index (χ3v) is 4.82. The highest BCUT2D eigenvalue weighted by molar-refractivity contribution is 5.79. The lowest BCUT2D eigenvalue weighted by molar-refractivity contribution is -0.885. The smallest absolute Gasteiger partial charge is 0.289 e. The van der Waals surface area contributed by atoms with Crippen molar-refractivity contribution in [1.29, 1.82) is 5.26 Å². The highest BCUT2D eigenvalue weighted by Crippen LogP contribution is 2.31. The summed E-state index contributed by atoms with van der Waals surface area (Å²) in [5, 5.41) is 38.6. The van der Waals surface area contributed by atoms with Crippen molar-refractivity contribution in [3.05, 3.63) is 48.0 Å². The normalized spacial score (nSPS) is 23.9. The van der Waals surface area contributed by atoms with E-state index in [0.29, 0.717) is 22.3 Å². The van der Waals surface area contributed by atoms with Crippen LogP contribution in [0.1, 0.15) is 17.4 Å². The summed E-state index contributed by atoms with van der Waals surface area (Å²) in [6.45, 7) is -0.337. The number of rotatable bonds is 5. The van der Waals surface area contributed by atoms with E-state index in [1.54, 1.807) is 24.3 Å². The van der Waals surface area contributed by atoms with Gasteiger partial charge in [-0.05, 0) is 6.07 Å². The number of aliphatic hydroxyl groups excluding tert-OH is 3. The van der Waals surface area contributed by atoms with Crippen LogP contribution in [0.2, 0.25) is 0 Å². The molecule has 0 aliphatic carbocycles. The van der Waals surface area contributed by atoms with Crippen LogP contribution in [-0.2, 0) is 11.3 Å². The number of nitrogen functional groups attached to an aromatic ring is 1. The van der Waals surface area contributed by atoms with Crippen LogP contribution in [0.4, 0.5) is 5.82 Å². The van der Waals surface area contributed by atoms with Gasteiger partial charge in [-0.25, -0.2) is 4.98 Å². The molecule has 1 aliphatic rings. The molecule has 0 radical (unpaired) electrons. The maximum Gasteiger partial charge on any atom is 0.289 e.